The van der Waals surface area contributed by atoms with Crippen LogP contribution in [0.5, 0.6) is 0 Å². The lowest BCUT2D eigenvalue weighted by Gasteiger charge is -2.42. The third-order valence-electron chi connectivity index (χ3n) is 9.28. The largest absolute Gasteiger partial charge is 0.519 e. The van der Waals surface area contributed by atoms with Crippen LogP contribution in [0.15, 0.2) is 61.0 Å². The molecule has 2 saturated heterocycles. The van der Waals surface area contributed by atoms with E-state index in [1.54, 1.807) is 13.0 Å². The zero-order valence-corrected chi connectivity index (χ0v) is 24.6. The Morgan fingerprint density at radius 1 is 0.977 bits per heavy atom. The highest BCUT2D eigenvalue weighted by Gasteiger charge is 2.33. The van der Waals surface area contributed by atoms with E-state index < -0.39 is 23.0 Å². The smallest absolute Gasteiger partial charge is 0.477 e. The van der Waals surface area contributed by atoms with Crippen LogP contribution in [0.3, 0.4) is 0 Å². The van der Waals surface area contributed by atoms with Crippen LogP contribution in [0.2, 0.25) is 0 Å². The van der Waals surface area contributed by atoms with Crippen molar-refractivity contribution in [1.82, 2.24) is 9.47 Å². The van der Waals surface area contributed by atoms with Gasteiger partial charge in [0.1, 0.15) is 17.1 Å². The average molecular weight is 603 g/mol. The summed E-state index contributed by atoms with van der Waals surface area (Å²) in [7, 11) is 0. The number of aromatic carboxylic acids is 1. The molecule has 2 aromatic heterocycles. The maximum absolute atomic E-state index is 15.8. The molecule has 4 aromatic rings. The first-order valence-electron chi connectivity index (χ1n) is 15.3. The predicted molar refractivity (Wildman–Crippen MR) is 163 cm³/mol. The molecule has 1 atom stereocenters. The number of benzene rings is 2. The number of aryl methyl sites for hydroxylation is 1. The molecule has 0 radical (unpaired) electrons. The van der Waals surface area contributed by atoms with Crippen LogP contribution in [0.4, 0.5) is 15.8 Å². The fraction of sp³-hybridized carbons (Fsp3) is 0.424. The van der Waals surface area contributed by atoms with Gasteiger partial charge in [0, 0.05) is 56.0 Å². The van der Waals surface area contributed by atoms with E-state index in [0.717, 1.165) is 31.5 Å². The fourth-order valence-corrected chi connectivity index (χ4v) is 6.72. The van der Waals surface area contributed by atoms with Gasteiger partial charge in [0.25, 0.3) is 0 Å². The van der Waals surface area contributed by atoms with Crippen LogP contribution in [0.1, 0.15) is 71.6 Å². The van der Waals surface area contributed by atoms with E-state index in [9.17, 15) is 19.5 Å². The molecule has 0 bridgehead atoms. The number of hydrogen-bond donors (Lipinski definition) is 1. The molecule has 0 amide bonds. The molecule has 1 aliphatic carbocycles. The number of carbonyl (C=O) groups is 1. The third-order valence-corrected chi connectivity index (χ3v) is 9.28. The SMILES string of the molecule is Cc1oc(=O)oc1CN1CCN(c2cc3c(cc2F)c(=O)c(C(=O)O)cn3C2CC2)CC1c1ccc(N2CCCCC2)cc1. The summed E-state index contributed by atoms with van der Waals surface area (Å²) in [5.41, 5.74) is 2.13. The van der Waals surface area contributed by atoms with Gasteiger partial charge in [-0.15, -0.1) is 0 Å². The van der Waals surface area contributed by atoms with Crippen LogP contribution in [0, 0.1) is 12.7 Å². The molecule has 2 aromatic carbocycles. The van der Waals surface area contributed by atoms with Gasteiger partial charge < -0.3 is 28.3 Å². The van der Waals surface area contributed by atoms with Gasteiger partial charge in [0.2, 0.25) is 5.43 Å². The first-order valence-corrected chi connectivity index (χ1v) is 15.3. The number of hydrogen-bond acceptors (Lipinski definition) is 8. The van der Waals surface area contributed by atoms with E-state index in [0.29, 0.717) is 48.9 Å². The monoisotopic (exact) mass is 602 g/mol. The second-order valence-electron chi connectivity index (χ2n) is 12.1. The van der Waals surface area contributed by atoms with E-state index in [1.165, 1.54) is 37.2 Å². The van der Waals surface area contributed by atoms with Gasteiger partial charge in [-0.1, -0.05) is 12.1 Å². The minimum absolute atomic E-state index is 0.0759. The molecule has 11 heteroatoms. The molecule has 1 unspecified atom stereocenters. The molecule has 10 nitrogen and oxygen atoms in total. The van der Waals surface area contributed by atoms with E-state index in [-0.39, 0.29) is 23.0 Å². The van der Waals surface area contributed by atoms with Gasteiger partial charge in [-0.2, -0.15) is 0 Å². The normalized spacial score (nSPS) is 19.5. The van der Waals surface area contributed by atoms with E-state index >= 15 is 4.39 Å². The summed E-state index contributed by atoms with van der Waals surface area (Å²) in [4.78, 5) is 43.2. The standard InChI is InChI=1S/C33H35FN4O6/c1-20-30(44-33(42)43-20)19-37-14-13-36(18-29(37)21-5-7-22(8-6-21)35-11-3-2-4-12-35)28-16-27-24(15-26(28)34)31(39)25(32(40)41)17-38(27)23-9-10-23/h5-8,15-17,23,29H,2-4,9-14,18-19H2,1H3,(H,40,41). The molecule has 3 aliphatic rings. The minimum Gasteiger partial charge on any atom is -0.477 e. The number of fused-ring (bicyclic) bond motifs is 1. The highest BCUT2D eigenvalue weighted by molar-refractivity contribution is 5.93. The number of rotatable bonds is 7. The van der Waals surface area contributed by atoms with E-state index in [1.807, 2.05) is 9.47 Å². The number of anilines is 2. The Hall–Kier alpha value is -4.38. The predicted octanol–water partition coefficient (Wildman–Crippen LogP) is 5.08. The van der Waals surface area contributed by atoms with Crippen molar-refractivity contribution in [3.8, 4) is 0 Å². The molecule has 7 rings (SSSR count). The molecule has 4 heterocycles. The Labute approximate surface area is 252 Å². The molecule has 1 N–H and O–H groups in total. The number of piperazine rings is 1. The Kier molecular flexibility index (Phi) is 7.28. The van der Waals surface area contributed by atoms with Crippen molar-refractivity contribution in [1.29, 1.82) is 0 Å². The van der Waals surface area contributed by atoms with Crippen LogP contribution in [-0.2, 0) is 6.54 Å². The summed E-state index contributed by atoms with van der Waals surface area (Å²) in [6.07, 6.45) is 6.78. The van der Waals surface area contributed by atoms with Crippen LogP contribution < -0.4 is 21.1 Å². The second-order valence-corrected chi connectivity index (χ2v) is 12.1. The summed E-state index contributed by atoms with van der Waals surface area (Å²) < 4.78 is 28.1. The molecule has 44 heavy (non-hydrogen) atoms. The van der Waals surface area contributed by atoms with E-state index in [2.05, 4.69) is 34.1 Å². The number of carboxylic acids is 1. The van der Waals surface area contributed by atoms with Gasteiger partial charge in [-0.05, 0) is 68.9 Å². The first-order chi connectivity index (χ1) is 21.3. The van der Waals surface area contributed by atoms with Crippen molar-refractivity contribution in [2.24, 2.45) is 0 Å². The van der Waals surface area contributed by atoms with Crippen molar-refractivity contribution in [3.05, 3.63) is 91.9 Å². The van der Waals surface area contributed by atoms with Crippen molar-refractivity contribution in [3.63, 3.8) is 0 Å². The van der Waals surface area contributed by atoms with Crippen molar-refractivity contribution >= 4 is 28.2 Å². The Morgan fingerprint density at radius 2 is 1.73 bits per heavy atom. The van der Waals surface area contributed by atoms with Gasteiger partial charge >= 0.3 is 11.8 Å². The highest BCUT2D eigenvalue weighted by atomic mass is 19.1. The molecule has 1 saturated carbocycles. The van der Waals surface area contributed by atoms with Gasteiger partial charge in [-0.3, -0.25) is 9.69 Å². The van der Waals surface area contributed by atoms with E-state index in [4.69, 9.17) is 8.83 Å². The summed E-state index contributed by atoms with van der Waals surface area (Å²) in [6.45, 7) is 5.66. The van der Waals surface area contributed by atoms with Gasteiger partial charge in [-0.25, -0.2) is 14.0 Å². The molecule has 0 spiro atoms. The quantitative estimate of drug-likeness (QED) is 0.309. The van der Waals surface area contributed by atoms with Crippen molar-refractivity contribution in [2.45, 2.75) is 57.7 Å². The third kappa shape index (κ3) is 5.29. The lowest BCUT2D eigenvalue weighted by Crippen LogP contribution is -2.48. The second kappa shape index (κ2) is 11.3. The number of aromatic nitrogens is 1. The lowest BCUT2D eigenvalue weighted by molar-refractivity contribution is 0.0694. The van der Waals surface area contributed by atoms with Crippen LogP contribution >= 0.6 is 0 Å². The zero-order chi connectivity index (χ0) is 30.5. The topological polar surface area (TPSA) is 112 Å². The Balaban J connectivity index is 1.24. The van der Waals surface area contributed by atoms with Crippen molar-refractivity contribution < 1.29 is 23.1 Å². The van der Waals surface area contributed by atoms with Crippen LogP contribution in [-0.4, -0.2) is 53.3 Å². The highest BCUT2D eigenvalue weighted by Crippen LogP contribution is 2.39. The average Bonchev–Trinajstić information content (AvgIpc) is 3.82. The number of pyridine rings is 1. The Morgan fingerprint density at radius 3 is 2.39 bits per heavy atom. The molecular weight excluding hydrogens is 567 g/mol. The first kappa shape index (κ1) is 28.4. The van der Waals surface area contributed by atoms with Crippen LogP contribution in [0.25, 0.3) is 10.9 Å². The number of piperidine rings is 1. The Bertz CT molecular complexity index is 1830. The number of nitrogens with zero attached hydrogens (tertiary/aromatic N) is 4. The van der Waals surface area contributed by atoms with Gasteiger partial charge in [0.05, 0.1) is 23.8 Å². The lowest BCUT2D eigenvalue weighted by atomic mass is 10.00. The molecule has 2 aliphatic heterocycles. The zero-order valence-electron chi connectivity index (χ0n) is 24.6. The number of carboxylic acid groups (broad SMARTS) is 1. The molecule has 3 fully saturated rings. The fourth-order valence-electron chi connectivity index (χ4n) is 6.72. The summed E-state index contributed by atoms with van der Waals surface area (Å²) in [5, 5.41) is 9.68. The minimum atomic E-state index is -1.32. The maximum atomic E-state index is 15.8. The number of halogens is 1. The summed E-state index contributed by atoms with van der Waals surface area (Å²) in [5.74, 6) is -1.70. The summed E-state index contributed by atoms with van der Waals surface area (Å²) in [6, 6.07) is 11.4. The van der Waals surface area contributed by atoms with Gasteiger partial charge in [0.15, 0.2) is 5.76 Å². The summed E-state index contributed by atoms with van der Waals surface area (Å²) >= 11 is 0. The molecular formula is C33H35FN4O6. The maximum Gasteiger partial charge on any atom is 0.519 e. The van der Waals surface area contributed by atoms with Crippen molar-refractivity contribution in [2.75, 3.05) is 42.5 Å². The molecule has 230 valence electrons.